The van der Waals surface area contributed by atoms with Crippen LogP contribution in [0.25, 0.3) is 0 Å². The maximum absolute atomic E-state index is 13.2. The van der Waals surface area contributed by atoms with E-state index in [-0.39, 0.29) is 23.7 Å². The van der Waals surface area contributed by atoms with Crippen LogP contribution < -0.4 is 0 Å². The minimum atomic E-state index is -0.698. The number of piperidine rings is 1. The highest BCUT2D eigenvalue weighted by Gasteiger charge is 2.50. The lowest BCUT2D eigenvalue weighted by Crippen LogP contribution is -2.53. The molecule has 1 unspecified atom stereocenters. The maximum Gasteiger partial charge on any atom is 0.221 e. The van der Waals surface area contributed by atoms with Crippen LogP contribution >= 0.6 is 0 Å². The van der Waals surface area contributed by atoms with Gasteiger partial charge in [0.25, 0.3) is 0 Å². The number of benzene rings is 1. The molecule has 1 amide bonds. The minimum Gasteiger partial charge on any atom is -0.362 e. The lowest BCUT2D eigenvalue weighted by Gasteiger charge is -2.47. The number of amides is 1. The Morgan fingerprint density at radius 2 is 1.76 bits per heavy atom. The third kappa shape index (κ3) is 4.00. The van der Waals surface area contributed by atoms with E-state index >= 15 is 0 Å². The number of carbonyl (C=O) groups is 3. The summed E-state index contributed by atoms with van der Waals surface area (Å²) in [7, 11) is 1.57. The zero-order valence-corrected chi connectivity index (χ0v) is 17.9. The molecule has 1 saturated heterocycles. The monoisotopic (exact) mass is 395 g/mol. The topological polar surface area (TPSA) is 63.7 Å². The average molecular weight is 395 g/mol. The molecule has 2 fully saturated rings. The molecule has 5 heteroatoms. The van der Waals surface area contributed by atoms with Crippen LogP contribution in [-0.2, 0) is 19.1 Å². The second-order valence-electron chi connectivity index (χ2n) is 8.47. The summed E-state index contributed by atoms with van der Waals surface area (Å²) in [6.45, 7) is 7.72. The van der Waals surface area contributed by atoms with E-state index < -0.39 is 11.3 Å². The van der Waals surface area contributed by atoms with Crippen molar-refractivity contribution in [3.8, 4) is 11.8 Å². The molecule has 1 aliphatic carbocycles. The molecule has 3 rings (SSSR count). The molecular weight excluding hydrogens is 366 g/mol. The van der Waals surface area contributed by atoms with Crippen LogP contribution in [0.2, 0.25) is 0 Å². The highest BCUT2D eigenvalue weighted by Crippen LogP contribution is 2.48. The Bertz CT molecular complexity index is 880. The molecule has 1 aromatic carbocycles. The first-order valence-electron chi connectivity index (χ1n) is 10.1. The Hall–Kier alpha value is -2.45. The lowest BCUT2D eigenvalue weighted by molar-refractivity contribution is -0.157. The number of hydrogen-bond acceptors (Lipinski definition) is 4. The van der Waals surface area contributed by atoms with Gasteiger partial charge in [-0.25, -0.2) is 0 Å². The van der Waals surface area contributed by atoms with Gasteiger partial charge >= 0.3 is 0 Å². The van der Waals surface area contributed by atoms with Crippen LogP contribution in [0.4, 0.5) is 0 Å². The number of carbonyl (C=O) groups excluding carboxylic acids is 3. The second kappa shape index (κ2) is 8.12. The van der Waals surface area contributed by atoms with Crippen molar-refractivity contribution in [2.24, 2.45) is 5.41 Å². The molecule has 0 N–H and O–H groups in total. The fraction of sp³-hybridized carbons (Fsp3) is 0.542. The molecule has 1 heterocycles. The normalized spacial score (nSPS) is 27.0. The van der Waals surface area contributed by atoms with E-state index in [0.717, 1.165) is 22.3 Å². The number of aryl methyl sites for hydroxylation is 2. The first-order valence-corrected chi connectivity index (χ1v) is 10.1. The van der Waals surface area contributed by atoms with Gasteiger partial charge in [0.1, 0.15) is 23.7 Å². The molecular formula is C24H29NO4. The Balaban J connectivity index is 1.88. The van der Waals surface area contributed by atoms with Gasteiger partial charge < -0.3 is 9.64 Å². The van der Waals surface area contributed by atoms with Crippen molar-refractivity contribution in [2.75, 3.05) is 13.7 Å². The molecule has 1 aliphatic heterocycles. The van der Waals surface area contributed by atoms with E-state index in [1.54, 1.807) is 18.9 Å². The summed E-state index contributed by atoms with van der Waals surface area (Å²) in [5.41, 5.74) is 3.20. The Kier molecular flexibility index (Phi) is 5.95. The quantitative estimate of drug-likeness (QED) is 0.569. The van der Waals surface area contributed by atoms with Gasteiger partial charge in [-0.3, -0.25) is 14.4 Å². The zero-order valence-electron chi connectivity index (χ0n) is 17.9. The van der Waals surface area contributed by atoms with Crippen molar-refractivity contribution in [1.82, 2.24) is 4.90 Å². The van der Waals surface area contributed by atoms with Gasteiger partial charge in [-0.1, -0.05) is 5.92 Å². The molecule has 29 heavy (non-hydrogen) atoms. The van der Waals surface area contributed by atoms with Gasteiger partial charge in [0.15, 0.2) is 0 Å². The molecule has 154 valence electrons. The van der Waals surface area contributed by atoms with Crippen molar-refractivity contribution in [1.29, 1.82) is 0 Å². The summed E-state index contributed by atoms with van der Waals surface area (Å²) in [6.07, 6.45) is 1.50. The van der Waals surface area contributed by atoms with Gasteiger partial charge in [-0.15, -0.1) is 5.92 Å². The Morgan fingerprint density at radius 1 is 1.17 bits per heavy atom. The van der Waals surface area contributed by atoms with E-state index in [1.807, 2.05) is 26.0 Å². The van der Waals surface area contributed by atoms with E-state index in [9.17, 15) is 14.4 Å². The molecule has 1 saturated carbocycles. The third-order valence-electron chi connectivity index (χ3n) is 6.41. The van der Waals surface area contributed by atoms with Crippen molar-refractivity contribution in [3.05, 3.63) is 34.4 Å². The molecule has 1 spiro atoms. The molecule has 0 aromatic heterocycles. The first-order chi connectivity index (χ1) is 13.7. The van der Waals surface area contributed by atoms with Gasteiger partial charge in [-0.05, 0) is 67.9 Å². The number of hydrogen-bond donors (Lipinski definition) is 0. The number of nitrogens with zero attached hydrogens (tertiary/aromatic N) is 1. The minimum absolute atomic E-state index is 0.0205. The first kappa shape index (κ1) is 21.3. The lowest BCUT2D eigenvalue weighted by atomic mass is 9.62. The van der Waals surface area contributed by atoms with Gasteiger partial charge in [0, 0.05) is 39.0 Å². The van der Waals surface area contributed by atoms with Crippen LogP contribution in [-0.4, -0.2) is 42.3 Å². The van der Waals surface area contributed by atoms with E-state index in [1.165, 1.54) is 6.92 Å². The Morgan fingerprint density at radius 3 is 2.24 bits per heavy atom. The highest BCUT2D eigenvalue weighted by molar-refractivity contribution is 6.10. The predicted molar refractivity (Wildman–Crippen MR) is 110 cm³/mol. The molecule has 0 bridgehead atoms. The highest BCUT2D eigenvalue weighted by atomic mass is 16.5. The number of methoxy groups -OCH3 is 1. The fourth-order valence-corrected chi connectivity index (χ4v) is 5.13. The van der Waals surface area contributed by atoms with Crippen LogP contribution in [0.3, 0.4) is 0 Å². The van der Waals surface area contributed by atoms with Gasteiger partial charge in [0.05, 0.1) is 0 Å². The number of ketones is 2. The average Bonchev–Trinajstić information content (AvgIpc) is 2.63. The molecule has 2 aliphatic rings. The largest absolute Gasteiger partial charge is 0.362 e. The number of ether oxygens (including phenoxy) is 1. The van der Waals surface area contributed by atoms with Crippen LogP contribution in [0.15, 0.2) is 12.1 Å². The van der Waals surface area contributed by atoms with Crippen molar-refractivity contribution < 1.29 is 19.1 Å². The van der Waals surface area contributed by atoms with E-state index in [0.29, 0.717) is 32.2 Å². The van der Waals surface area contributed by atoms with Crippen LogP contribution in [0.5, 0.6) is 0 Å². The molecule has 0 radical (unpaired) electrons. The van der Waals surface area contributed by atoms with Gasteiger partial charge in [0.2, 0.25) is 5.91 Å². The molecule has 1 atom stereocenters. The fourth-order valence-electron chi connectivity index (χ4n) is 5.13. The SMILES string of the molecule is CC#Cc1cc(C)c(C2C(=O)CC3(CCN(C(C)=O)C(OC)C3)CC2=O)c(C)c1. The smallest absolute Gasteiger partial charge is 0.221 e. The standard InChI is InChI=1S/C24H29NO4/c1-6-7-18-10-15(2)22(16(3)11-18)23-19(27)12-24(13-20(23)28)8-9-25(17(4)26)21(14-24)29-5/h10-11,21,23H,8-9,12-14H2,1-5H3. The summed E-state index contributed by atoms with van der Waals surface area (Å²) in [4.78, 5) is 40.0. The molecule has 1 aromatic rings. The van der Waals surface area contributed by atoms with Crippen LogP contribution in [0, 0.1) is 31.1 Å². The van der Waals surface area contributed by atoms with E-state index in [2.05, 4.69) is 11.8 Å². The van der Waals surface area contributed by atoms with Crippen molar-refractivity contribution in [3.63, 3.8) is 0 Å². The third-order valence-corrected chi connectivity index (χ3v) is 6.41. The maximum atomic E-state index is 13.2. The summed E-state index contributed by atoms with van der Waals surface area (Å²) in [5.74, 6) is 5.16. The second-order valence-corrected chi connectivity index (χ2v) is 8.47. The summed E-state index contributed by atoms with van der Waals surface area (Å²) < 4.78 is 5.52. The summed E-state index contributed by atoms with van der Waals surface area (Å²) >= 11 is 0. The number of rotatable bonds is 2. The summed E-state index contributed by atoms with van der Waals surface area (Å²) in [5, 5.41) is 0. The van der Waals surface area contributed by atoms with E-state index in [4.69, 9.17) is 4.74 Å². The zero-order chi connectivity index (χ0) is 21.3. The van der Waals surface area contributed by atoms with Crippen LogP contribution in [0.1, 0.15) is 67.7 Å². The summed E-state index contributed by atoms with van der Waals surface area (Å²) in [6, 6.07) is 3.91. The number of likely N-dealkylation sites (tertiary alicyclic amines) is 1. The van der Waals surface area contributed by atoms with Crippen molar-refractivity contribution >= 4 is 17.5 Å². The molecule has 5 nitrogen and oxygen atoms in total. The van der Waals surface area contributed by atoms with Crippen molar-refractivity contribution in [2.45, 2.75) is 65.5 Å². The predicted octanol–water partition coefficient (Wildman–Crippen LogP) is 3.29. The van der Waals surface area contributed by atoms with Gasteiger partial charge in [-0.2, -0.15) is 0 Å². The Labute approximate surface area is 172 Å². The number of Topliss-reactive ketones (excluding diaryl/α,β-unsaturated/α-hetero) is 2.